The van der Waals surface area contributed by atoms with Gasteiger partial charge in [0.25, 0.3) is 15.7 Å². The first-order valence-electron chi connectivity index (χ1n) is 8.27. The SMILES string of the molecule is CN(C)c1ccc(/C=N\NS(=O)(=O)c2ccc3ccccc3c2)cc1[N+](=O)[O-]. The normalized spacial score (nSPS) is 11.6. The lowest BCUT2D eigenvalue weighted by Crippen LogP contribution is -2.18. The molecule has 3 aromatic rings. The van der Waals surface area contributed by atoms with Gasteiger partial charge < -0.3 is 4.90 Å². The van der Waals surface area contributed by atoms with Gasteiger partial charge in [-0.25, -0.2) is 4.83 Å². The Morgan fingerprint density at radius 1 is 1.04 bits per heavy atom. The number of hydrazone groups is 1. The molecule has 0 aliphatic rings. The van der Waals surface area contributed by atoms with Crippen molar-refractivity contribution >= 4 is 38.4 Å². The van der Waals surface area contributed by atoms with Gasteiger partial charge in [-0.3, -0.25) is 10.1 Å². The van der Waals surface area contributed by atoms with E-state index in [-0.39, 0.29) is 10.6 Å². The fourth-order valence-electron chi connectivity index (χ4n) is 2.70. The molecule has 0 saturated carbocycles. The Morgan fingerprint density at radius 3 is 2.43 bits per heavy atom. The predicted octanol–water partition coefficient (Wildman–Crippen LogP) is 3.13. The van der Waals surface area contributed by atoms with Gasteiger partial charge in [0.2, 0.25) is 0 Å². The lowest BCUT2D eigenvalue weighted by atomic mass is 10.1. The number of rotatable bonds is 6. The van der Waals surface area contributed by atoms with Crippen LogP contribution in [0.1, 0.15) is 5.56 Å². The van der Waals surface area contributed by atoms with Gasteiger partial charge in [0.05, 0.1) is 16.0 Å². The molecule has 0 radical (unpaired) electrons. The van der Waals surface area contributed by atoms with E-state index >= 15 is 0 Å². The fourth-order valence-corrected chi connectivity index (χ4v) is 3.53. The van der Waals surface area contributed by atoms with E-state index in [0.29, 0.717) is 11.3 Å². The van der Waals surface area contributed by atoms with Gasteiger partial charge in [0.15, 0.2) is 0 Å². The maximum atomic E-state index is 12.4. The van der Waals surface area contributed by atoms with Crippen molar-refractivity contribution in [3.63, 3.8) is 0 Å². The molecular weight excluding hydrogens is 380 g/mol. The van der Waals surface area contributed by atoms with Crippen molar-refractivity contribution in [2.24, 2.45) is 5.10 Å². The second-order valence-corrected chi connectivity index (χ2v) is 7.92. The van der Waals surface area contributed by atoms with Crippen molar-refractivity contribution < 1.29 is 13.3 Å². The largest absolute Gasteiger partial charge is 0.372 e. The zero-order valence-electron chi connectivity index (χ0n) is 15.2. The highest BCUT2D eigenvalue weighted by Gasteiger charge is 2.16. The molecule has 0 aromatic heterocycles. The summed E-state index contributed by atoms with van der Waals surface area (Å²) >= 11 is 0. The predicted molar refractivity (Wildman–Crippen MR) is 109 cm³/mol. The van der Waals surface area contributed by atoms with Crippen LogP contribution in [0.15, 0.2) is 70.7 Å². The first-order chi connectivity index (χ1) is 13.3. The van der Waals surface area contributed by atoms with E-state index in [1.807, 2.05) is 24.3 Å². The van der Waals surface area contributed by atoms with Crippen molar-refractivity contribution in [1.29, 1.82) is 0 Å². The smallest absolute Gasteiger partial charge is 0.293 e. The second kappa shape index (κ2) is 7.65. The Bertz CT molecular complexity index is 1170. The van der Waals surface area contributed by atoms with Crippen LogP contribution in [-0.2, 0) is 10.0 Å². The molecular formula is C19H18N4O4S. The van der Waals surface area contributed by atoms with Crippen LogP contribution in [0.2, 0.25) is 0 Å². The Labute approximate surface area is 162 Å². The molecule has 8 nitrogen and oxygen atoms in total. The molecule has 0 amide bonds. The van der Waals surface area contributed by atoms with E-state index in [1.54, 1.807) is 43.3 Å². The zero-order chi connectivity index (χ0) is 20.3. The summed E-state index contributed by atoms with van der Waals surface area (Å²) in [5.74, 6) is 0. The number of hydrogen-bond donors (Lipinski definition) is 1. The quantitative estimate of drug-likeness (QED) is 0.390. The molecule has 0 aliphatic heterocycles. The molecule has 0 spiro atoms. The fraction of sp³-hybridized carbons (Fsp3) is 0.105. The monoisotopic (exact) mass is 398 g/mol. The standard InChI is InChI=1S/C19H18N4O4S/c1-22(2)18-10-7-14(11-19(18)23(24)25)13-20-21-28(26,27)17-9-8-15-5-3-4-6-16(15)12-17/h3-13,21H,1-2H3/b20-13-. The number of sulfonamides is 1. The van der Waals surface area contributed by atoms with E-state index in [9.17, 15) is 18.5 Å². The summed E-state index contributed by atoms with van der Waals surface area (Å²) in [6, 6.07) is 16.7. The summed E-state index contributed by atoms with van der Waals surface area (Å²) in [4.78, 5) is 14.6. The molecule has 0 unspecified atom stereocenters. The van der Waals surface area contributed by atoms with E-state index in [2.05, 4.69) is 9.93 Å². The van der Waals surface area contributed by atoms with E-state index in [4.69, 9.17) is 0 Å². The number of nitro groups is 1. The Hall–Kier alpha value is -3.46. The van der Waals surface area contributed by atoms with Crippen LogP contribution in [0.5, 0.6) is 0 Å². The molecule has 3 rings (SSSR count). The summed E-state index contributed by atoms with van der Waals surface area (Å²) < 4.78 is 24.9. The average Bonchev–Trinajstić information content (AvgIpc) is 2.67. The molecule has 1 N–H and O–H groups in total. The number of benzene rings is 3. The minimum absolute atomic E-state index is 0.0808. The van der Waals surface area contributed by atoms with Gasteiger partial charge in [-0.15, -0.1) is 0 Å². The first kappa shape index (κ1) is 19.3. The molecule has 0 saturated heterocycles. The highest BCUT2D eigenvalue weighted by molar-refractivity contribution is 7.89. The van der Waals surface area contributed by atoms with Gasteiger partial charge in [0.1, 0.15) is 5.69 Å². The minimum atomic E-state index is -3.86. The summed E-state index contributed by atoms with van der Waals surface area (Å²) in [7, 11) is -0.456. The third kappa shape index (κ3) is 4.09. The molecule has 0 aliphatic carbocycles. The molecule has 0 heterocycles. The van der Waals surface area contributed by atoms with Gasteiger partial charge >= 0.3 is 0 Å². The van der Waals surface area contributed by atoms with Crippen molar-refractivity contribution in [1.82, 2.24) is 4.83 Å². The van der Waals surface area contributed by atoms with E-state index in [1.165, 1.54) is 18.3 Å². The number of nitrogens with zero attached hydrogens (tertiary/aromatic N) is 3. The molecule has 9 heteroatoms. The summed E-state index contributed by atoms with van der Waals surface area (Å²) in [5.41, 5.74) is 0.753. The molecule has 144 valence electrons. The maximum Gasteiger partial charge on any atom is 0.293 e. The van der Waals surface area contributed by atoms with Crippen LogP contribution in [0.3, 0.4) is 0 Å². The van der Waals surface area contributed by atoms with Gasteiger partial charge in [0, 0.05) is 25.7 Å². The summed E-state index contributed by atoms with van der Waals surface area (Å²) in [6.45, 7) is 0. The molecule has 3 aromatic carbocycles. The van der Waals surface area contributed by atoms with Gasteiger partial charge in [-0.2, -0.15) is 13.5 Å². The van der Waals surface area contributed by atoms with Crippen LogP contribution >= 0.6 is 0 Å². The highest BCUT2D eigenvalue weighted by atomic mass is 32.2. The lowest BCUT2D eigenvalue weighted by Gasteiger charge is -2.12. The Balaban J connectivity index is 1.82. The molecule has 0 atom stereocenters. The van der Waals surface area contributed by atoms with Crippen LogP contribution in [0.25, 0.3) is 10.8 Å². The number of anilines is 1. The third-order valence-corrected chi connectivity index (χ3v) is 5.32. The van der Waals surface area contributed by atoms with Crippen LogP contribution < -0.4 is 9.73 Å². The van der Waals surface area contributed by atoms with E-state index in [0.717, 1.165) is 10.8 Å². The number of hydrogen-bond acceptors (Lipinski definition) is 6. The highest BCUT2D eigenvalue weighted by Crippen LogP contribution is 2.27. The summed E-state index contributed by atoms with van der Waals surface area (Å²) in [6.07, 6.45) is 1.23. The van der Waals surface area contributed by atoms with Crippen molar-refractivity contribution in [2.45, 2.75) is 4.90 Å². The second-order valence-electron chi connectivity index (χ2n) is 6.26. The number of fused-ring (bicyclic) bond motifs is 1. The van der Waals surface area contributed by atoms with Crippen molar-refractivity contribution in [3.05, 3.63) is 76.3 Å². The number of nitro benzene ring substituents is 1. The Kier molecular flexibility index (Phi) is 5.27. The van der Waals surface area contributed by atoms with Crippen LogP contribution in [0.4, 0.5) is 11.4 Å². The van der Waals surface area contributed by atoms with Gasteiger partial charge in [-0.05, 0) is 29.0 Å². The maximum absolute atomic E-state index is 12.4. The molecule has 0 fully saturated rings. The van der Waals surface area contributed by atoms with Crippen LogP contribution in [-0.4, -0.2) is 33.7 Å². The van der Waals surface area contributed by atoms with Crippen LogP contribution in [0, 0.1) is 10.1 Å². The minimum Gasteiger partial charge on any atom is -0.372 e. The molecule has 28 heavy (non-hydrogen) atoms. The lowest BCUT2D eigenvalue weighted by molar-refractivity contribution is -0.384. The summed E-state index contributed by atoms with van der Waals surface area (Å²) in [5, 5.41) is 16.7. The Morgan fingerprint density at radius 2 is 1.75 bits per heavy atom. The topological polar surface area (TPSA) is 105 Å². The first-order valence-corrected chi connectivity index (χ1v) is 9.76. The zero-order valence-corrected chi connectivity index (χ0v) is 16.1. The average molecular weight is 398 g/mol. The van der Waals surface area contributed by atoms with Gasteiger partial charge in [-0.1, -0.05) is 36.4 Å². The third-order valence-electron chi connectivity index (χ3n) is 4.10. The van der Waals surface area contributed by atoms with E-state index < -0.39 is 14.9 Å². The van der Waals surface area contributed by atoms with Crippen molar-refractivity contribution in [2.75, 3.05) is 19.0 Å². The molecule has 0 bridgehead atoms. The number of nitrogens with one attached hydrogen (secondary N) is 1. The van der Waals surface area contributed by atoms with Crippen molar-refractivity contribution in [3.8, 4) is 0 Å².